The van der Waals surface area contributed by atoms with Crippen molar-refractivity contribution in [1.29, 1.82) is 0 Å². The molecule has 4 heterocycles. The van der Waals surface area contributed by atoms with Crippen LogP contribution in [0.2, 0.25) is 0 Å². The van der Waals surface area contributed by atoms with Crippen molar-refractivity contribution in [2.75, 3.05) is 10.6 Å². The number of anilines is 3. The Morgan fingerprint density at radius 2 is 2.00 bits per heavy atom. The molecular weight excluding hydrogens is 458 g/mol. The fourth-order valence-corrected chi connectivity index (χ4v) is 4.79. The number of aliphatic hydroxyl groups is 1. The van der Waals surface area contributed by atoms with E-state index in [1.807, 2.05) is 56.9 Å². The van der Waals surface area contributed by atoms with Crippen molar-refractivity contribution in [3.63, 3.8) is 0 Å². The molecule has 4 N–H and O–H groups in total. The normalized spacial score (nSPS) is 20.4. The van der Waals surface area contributed by atoms with Gasteiger partial charge in [-0.3, -0.25) is 10.1 Å². The molecule has 36 heavy (non-hydrogen) atoms. The van der Waals surface area contributed by atoms with Crippen LogP contribution in [0.1, 0.15) is 65.3 Å². The summed E-state index contributed by atoms with van der Waals surface area (Å²) in [4.78, 5) is 24.3. The summed E-state index contributed by atoms with van der Waals surface area (Å²) in [5, 5.41) is 24.5. The number of piperidine rings is 1. The number of nitrogens with zero attached hydrogens (tertiary/aromatic N) is 4. The zero-order chi connectivity index (χ0) is 26.0. The van der Waals surface area contributed by atoms with E-state index in [4.69, 9.17) is 9.72 Å². The van der Waals surface area contributed by atoms with Crippen LogP contribution in [0.15, 0.2) is 24.3 Å². The van der Waals surface area contributed by atoms with Crippen molar-refractivity contribution in [1.82, 2.24) is 25.1 Å². The number of pyridine rings is 2. The lowest BCUT2D eigenvalue weighted by Gasteiger charge is -2.44. The number of aromatic nitrogens is 4. The molecule has 1 aliphatic heterocycles. The molecule has 4 rings (SSSR count). The maximum atomic E-state index is 12.9. The van der Waals surface area contributed by atoms with Crippen molar-refractivity contribution in [3.8, 4) is 0 Å². The van der Waals surface area contributed by atoms with E-state index in [1.54, 1.807) is 0 Å². The molecule has 10 nitrogen and oxygen atoms in total. The molecule has 0 aromatic carbocycles. The molecule has 1 aliphatic rings. The van der Waals surface area contributed by atoms with Gasteiger partial charge in [-0.05, 0) is 66.0 Å². The zero-order valence-electron chi connectivity index (χ0n) is 21.9. The number of aromatic amines is 1. The van der Waals surface area contributed by atoms with Gasteiger partial charge < -0.3 is 25.4 Å². The first-order chi connectivity index (χ1) is 17.1. The lowest BCUT2D eigenvalue weighted by molar-refractivity contribution is -0.00463. The first kappa shape index (κ1) is 25.7. The summed E-state index contributed by atoms with van der Waals surface area (Å²) in [6, 6.07) is 7.67. The number of aryl methyl sites for hydroxylation is 1. The molecule has 1 amide bonds. The highest BCUT2D eigenvalue weighted by atomic mass is 16.6. The molecule has 3 aromatic heterocycles. The van der Waals surface area contributed by atoms with E-state index in [1.165, 1.54) is 0 Å². The lowest BCUT2D eigenvalue weighted by Crippen LogP contribution is -2.54. The molecule has 1 fully saturated rings. The van der Waals surface area contributed by atoms with Crippen LogP contribution in [0.25, 0.3) is 10.9 Å². The van der Waals surface area contributed by atoms with Gasteiger partial charge in [0.05, 0.1) is 17.8 Å². The number of rotatable bonds is 6. The first-order valence-electron chi connectivity index (χ1n) is 12.5. The van der Waals surface area contributed by atoms with Gasteiger partial charge in [0.15, 0.2) is 5.82 Å². The van der Waals surface area contributed by atoms with Gasteiger partial charge in [-0.1, -0.05) is 6.92 Å². The van der Waals surface area contributed by atoms with Gasteiger partial charge in [0, 0.05) is 41.3 Å². The van der Waals surface area contributed by atoms with Crippen molar-refractivity contribution in [3.05, 3.63) is 35.7 Å². The molecule has 0 aliphatic carbocycles. The Hall–Kier alpha value is -3.40. The number of hydrogen-bond donors (Lipinski definition) is 4. The summed E-state index contributed by atoms with van der Waals surface area (Å²) in [6.45, 7) is 11.6. The quantitative estimate of drug-likeness (QED) is 0.381. The Balaban J connectivity index is 1.61. The Kier molecular flexibility index (Phi) is 7.35. The van der Waals surface area contributed by atoms with Crippen LogP contribution in [0.3, 0.4) is 0 Å². The highest BCUT2D eigenvalue weighted by Crippen LogP contribution is 2.32. The summed E-state index contributed by atoms with van der Waals surface area (Å²) in [5.41, 5.74) is 1.72. The molecule has 0 saturated carbocycles. The minimum atomic E-state index is -0.534. The molecule has 194 valence electrons. The standard InChI is InChI=1S/C26H37N7O3/c1-7-19-12-18(11-16(3)33(19)25(35)36-26(4,5)6)28-24-20-9-8-17(14-34)27-21(20)13-22(30-24)29-23-10-15(2)31-32-23/h8-10,13,16,18-19,34H,7,11-12,14H2,1-6H3,(H3,28,29,30,31,32). The second-order valence-electron chi connectivity index (χ2n) is 10.6. The van der Waals surface area contributed by atoms with Gasteiger partial charge in [-0.25, -0.2) is 9.78 Å². The number of carbonyl (C=O) groups excluding carboxylic acids is 1. The third-order valence-electron chi connectivity index (χ3n) is 6.33. The number of hydrogen-bond acceptors (Lipinski definition) is 8. The van der Waals surface area contributed by atoms with Crippen molar-refractivity contribution < 1.29 is 14.6 Å². The number of aliphatic hydroxyl groups excluding tert-OH is 1. The molecule has 10 heteroatoms. The first-order valence-corrected chi connectivity index (χ1v) is 12.5. The van der Waals surface area contributed by atoms with Gasteiger partial charge in [0.1, 0.15) is 17.2 Å². The van der Waals surface area contributed by atoms with E-state index in [-0.39, 0.29) is 30.8 Å². The second kappa shape index (κ2) is 10.3. The van der Waals surface area contributed by atoms with E-state index in [2.05, 4.69) is 39.7 Å². The van der Waals surface area contributed by atoms with Gasteiger partial charge in [0.25, 0.3) is 0 Å². The molecule has 3 aromatic rings. The van der Waals surface area contributed by atoms with E-state index in [0.717, 1.165) is 35.9 Å². The number of nitrogens with one attached hydrogen (secondary N) is 3. The van der Waals surface area contributed by atoms with Crippen LogP contribution in [0.5, 0.6) is 0 Å². The molecule has 1 saturated heterocycles. The van der Waals surface area contributed by atoms with Crippen molar-refractivity contribution in [2.45, 2.75) is 91.1 Å². The number of ether oxygens (including phenoxy) is 1. The van der Waals surface area contributed by atoms with E-state index < -0.39 is 5.60 Å². The number of carbonyl (C=O) groups is 1. The second-order valence-corrected chi connectivity index (χ2v) is 10.6. The minimum absolute atomic E-state index is 0.00905. The van der Waals surface area contributed by atoms with Crippen molar-refractivity contribution in [2.24, 2.45) is 0 Å². The summed E-state index contributed by atoms with van der Waals surface area (Å²) in [7, 11) is 0. The van der Waals surface area contributed by atoms with Crippen LogP contribution in [0.4, 0.5) is 22.2 Å². The van der Waals surface area contributed by atoms with E-state index >= 15 is 0 Å². The minimum Gasteiger partial charge on any atom is -0.444 e. The fraction of sp³-hybridized carbons (Fsp3) is 0.538. The molecular formula is C26H37N7O3. The Bertz CT molecular complexity index is 1220. The third kappa shape index (κ3) is 5.87. The summed E-state index contributed by atoms with van der Waals surface area (Å²) < 4.78 is 5.70. The average molecular weight is 496 g/mol. The average Bonchev–Trinajstić information content (AvgIpc) is 3.21. The lowest BCUT2D eigenvalue weighted by atomic mass is 9.90. The van der Waals surface area contributed by atoms with Gasteiger partial charge in [-0.15, -0.1) is 0 Å². The maximum Gasteiger partial charge on any atom is 0.410 e. The van der Waals surface area contributed by atoms with E-state index in [9.17, 15) is 9.90 Å². The monoisotopic (exact) mass is 495 g/mol. The maximum absolute atomic E-state index is 12.9. The SMILES string of the molecule is CCC1CC(Nc2nc(Nc3cc(C)[nH]n3)cc3nc(CO)ccc23)CC(C)N1C(=O)OC(C)(C)C. The summed E-state index contributed by atoms with van der Waals surface area (Å²) in [6.07, 6.45) is 2.11. The highest BCUT2D eigenvalue weighted by molar-refractivity contribution is 5.91. The Labute approximate surface area is 211 Å². The van der Waals surface area contributed by atoms with Crippen LogP contribution < -0.4 is 10.6 Å². The Morgan fingerprint density at radius 3 is 2.64 bits per heavy atom. The van der Waals surface area contributed by atoms with Crippen LogP contribution in [0, 0.1) is 6.92 Å². The number of fused-ring (bicyclic) bond motifs is 1. The predicted molar refractivity (Wildman–Crippen MR) is 140 cm³/mol. The van der Waals surface area contributed by atoms with Crippen LogP contribution in [-0.2, 0) is 11.3 Å². The highest BCUT2D eigenvalue weighted by Gasteiger charge is 2.38. The molecule has 0 bridgehead atoms. The number of likely N-dealkylation sites (tertiary alicyclic amines) is 1. The zero-order valence-corrected chi connectivity index (χ0v) is 21.9. The van der Waals surface area contributed by atoms with E-state index in [0.29, 0.717) is 23.1 Å². The largest absolute Gasteiger partial charge is 0.444 e. The topological polar surface area (TPSA) is 128 Å². The van der Waals surface area contributed by atoms with Gasteiger partial charge >= 0.3 is 6.09 Å². The Morgan fingerprint density at radius 1 is 1.22 bits per heavy atom. The van der Waals surface area contributed by atoms with Gasteiger partial charge in [0.2, 0.25) is 0 Å². The fourth-order valence-electron chi connectivity index (χ4n) is 4.79. The smallest absolute Gasteiger partial charge is 0.410 e. The molecule has 3 atom stereocenters. The van der Waals surface area contributed by atoms with Crippen LogP contribution in [-0.4, -0.2) is 60.0 Å². The van der Waals surface area contributed by atoms with Gasteiger partial charge in [-0.2, -0.15) is 5.10 Å². The molecule has 0 spiro atoms. The summed E-state index contributed by atoms with van der Waals surface area (Å²) >= 11 is 0. The number of amides is 1. The molecule has 0 radical (unpaired) electrons. The van der Waals surface area contributed by atoms with Crippen LogP contribution >= 0.6 is 0 Å². The molecule has 3 unspecified atom stereocenters. The third-order valence-corrected chi connectivity index (χ3v) is 6.33. The van der Waals surface area contributed by atoms with Crippen molar-refractivity contribution >= 4 is 34.4 Å². The number of H-pyrrole nitrogens is 1. The predicted octanol–water partition coefficient (Wildman–Crippen LogP) is 4.88. The summed E-state index contributed by atoms with van der Waals surface area (Å²) in [5.74, 6) is 1.97.